The smallest absolute Gasteiger partial charge is 0.444 e. The summed E-state index contributed by atoms with van der Waals surface area (Å²) < 4.78 is 47.0. The first kappa shape index (κ1) is 21.2. The topological polar surface area (TPSA) is 42.0 Å². The summed E-state index contributed by atoms with van der Waals surface area (Å²) in [7, 11) is 0. The van der Waals surface area contributed by atoms with E-state index in [0.29, 0.717) is 26.2 Å². The molecule has 1 aliphatic carbocycles. The Balaban J connectivity index is 1.64. The highest BCUT2D eigenvalue weighted by atomic mass is 79.9. The number of carbonyl (C=O) groups excluding carboxylic acids is 1. The lowest BCUT2D eigenvalue weighted by molar-refractivity contribution is -0.274. The predicted molar refractivity (Wildman–Crippen MR) is 101 cm³/mol. The molecule has 0 aromatic heterocycles. The summed E-state index contributed by atoms with van der Waals surface area (Å²) in [5.41, 5.74) is 0.290. The second kappa shape index (κ2) is 7.40. The van der Waals surface area contributed by atoms with Crippen LogP contribution < -0.4 is 4.74 Å². The summed E-state index contributed by atoms with van der Waals surface area (Å²) in [6.45, 7) is 8.00. The minimum absolute atomic E-state index is 0.0667. The van der Waals surface area contributed by atoms with Crippen LogP contribution in [0.4, 0.5) is 18.0 Å². The molecule has 28 heavy (non-hydrogen) atoms. The van der Waals surface area contributed by atoms with Crippen LogP contribution in [0.2, 0.25) is 0 Å². The molecule has 1 amide bonds. The van der Waals surface area contributed by atoms with Crippen LogP contribution in [0.15, 0.2) is 22.7 Å². The molecule has 0 atom stereocenters. The molecule has 1 heterocycles. The van der Waals surface area contributed by atoms with E-state index < -0.39 is 12.0 Å². The van der Waals surface area contributed by atoms with Crippen LogP contribution in [-0.2, 0) is 11.3 Å². The van der Waals surface area contributed by atoms with Gasteiger partial charge in [0.15, 0.2) is 0 Å². The highest BCUT2D eigenvalue weighted by molar-refractivity contribution is 9.10. The highest BCUT2D eigenvalue weighted by Crippen LogP contribution is 2.45. The molecule has 2 fully saturated rings. The molecular weight excluding hydrogens is 441 g/mol. The molecule has 9 heteroatoms. The zero-order chi connectivity index (χ0) is 20.7. The summed E-state index contributed by atoms with van der Waals surface area (Å²) >= 11 is 3.15. The number of nitrogens with zero attached hydrogens (tertiary/aromatic N) is 2. The maximum absolute atomic E-state index is 12.4. The van der Waals surface area contributed by atoms with E-state index in [1.54, 1.807) is 17.0 Å². The number of hydrogen-bond donors (Lipinski definition) is 0. The number of carbonyl (C=O) groups is 1. The number of piperazine rings is 1. The van der Waals surface area contributed by atoms with Gasteiger partial charge in [0.1, 0.15) is 11.4 Å². The summed E-state index contributed by atoms with van der Waals surface area (Å²) in [5.74, 6) is -0.257. The standard InChI is InChI=1S/C19H24BrF3N2O3/c1-17(2,3)28-16(26)24-8-9-25(18(12-24)6-7-18)11-13-4-5-15(14(20)10-13)27-19(21,22)23/h4-5,10H,6-9,11-12H2,1-3H3. The molecule has 0 radical (unpaired) electrons. The van der Waals surface area contributed by atoms with Gasteiger partial charge in [-0.2, -0.15) is 0 Å². The number of alkyl halides is 3. The quantitative estimate of drug-likeness (QED) is 0.635. The Hall–Kier alpha value is -1.48. The van der Waals surface area contributed by atoms with E-state index in [9.17, 15) is 18.0 Å². The molecule has 1 saturated heterocycles. The average Bonchev–Trinajstić information content (AvgIpc) is 3.29. The third-order valence-corrected chi connectivity index (χ3v) is 5.49. The van der Waals surface area contributed by atoms with Gasteiger partial charge in [-0.25, -0.2) is 4.79 Å². The summed E-state index contributed by atoms with van der Waals surface area (Å²) in [6, 6.07) is 4.61. The van der Waals surface area contributed by atoms with Crippen molar-refractivity contribution < 1.29 is 27.4 Å². The van der Waals surface area contributed by atoms with E-state index >= 15 is 0 Å². The fraction of sp³-hybridized carbons (Fsp3) is 0.632. The lowest BCUT2D eigenvalue weighted by Crippen LogP contribution is -2.56. The molecule has 1 spiro atoms. The number of benzene rings is 1. The molecule has 3 rings (SSSR count). The molecule has 1 saturated carbocycles. The van der Waals surface area contributed by atoms with Crippen molar-refractivity contribution >= 4 is 22.0 Å². The van der Waals surface area contributed by atoms with Gasteiger partial charge in [0.2, 0.25) is 0 Å². The molecule has 5 nitrogen and oxygen atoms in total. The predicted octanol–water partition coefficient (Wildman–Crippen LogP) is 4.93. The van der Waals surface area contributed by atoms with Crippen LogP contribution in [0.1, 0.15) is 39.2 Å². The van der Waals surface area contributed by atoms with Gasteiger partial charge in [-0.3, -0.25) is 4.90 Å². The number of halogens is 4. The van der Waals surface area contributed by atoms with Crippen LogP contribution in [-0.4, -0.2) is 53.0 Å². The van der Waals surface area contributed by atoms with Crippen molar-refractivity contribution in [2.45, 2.75) is 57.7 Å². The molecule has 0 bridgehead atoms. The third-order valence-electron chi connectivity index (χ3n) is 4.87. The largest absolute Gasteiger partial charge is 0.573 e. The molecular formula is C19H24BrF3N2O3. The first-order valence-electron chi connectivity index (χ1n) is 9.14. The van der Waals surface area contributed by atoms with Crippen molar-refractivity contribution in [1.29, 1.82) is 0 Å². The van der Waals surface area contributed by atoms with E-state index in [0.717, 1.165) is 18.4 Å². The molecule has 156 valence electrons. The average molecular weight is 465 g/mol. The molecule has 1 aliphatic heterocycles. The van der Waals surface area contributed by atoms with E-state index in [1.165, 1.54) is 6.07 Å². The normalized spacial score (nSPS) is 19.6. The lowest BCUT2D eigenvalue weighted by atomic mass is 10.1. The Morgan fingerprint density at radius 1 is 1.21 bits per heavy atom. The lowest BCUT2D eigenvalue weighted by Gasteiger charge is -2.42. The zero-order valence-corrected chi connectivity index (χ0v) is 17.7. The SMILES string of the molecule is CC(C)(C)OC(=O)N1CCN(Cc2ccc(OC(F)(F)F)c(Br)c2)C2(CC2)C1. The molecule has 1 aromatic rings. The number of amides is 1. The minimum Gasteiger partial charge on any atom is -0.444 e. The molecule has 2 aliphatic rings. The fourth-order valence-electron chi connectivity index (χ4n) is 3.43. The Morgan fingerprint density at radius 2 is 1.89 bits per heavy atom. The van der Waals surface area contributed by atoms with Crippen LogP contribution >= 0.6 is 15.9 Å². The van der Waals surface area contributed by atoms with Crippen molar-refractivity contribution in [3.8, 4) is 5.75 Å². The van der Waals surface area contributed by atoms with Crippen molar-refractivity contribution in [2.24, 2.45) is 0 Å². The van der Waals surface area contributed by atoms with Gasteiger partial charge >= 0.3 is 12.5 Å². The first-order chi connectivity index (χ1) is 12.9. The summed E-state index contributed by atoms with van der Waals surface area (Å²) in [6.07, 6.45) is -3.04. The first-order valence-corrected chi connectivity index (χ1v) is 9.93. The molecule has 1 aromatic carbocycles. The van der Waals surface area contributed by atoms with E-state index in [-0.39, 0.29) is 21.9 Å². The van der Waals surface area contributed by atoms with Gasteiger partial charge in [-0.15, -0.1) is 13.2 Å². The Morgan fingerprint density at radius 3 is 2.43 bits per heavy atom. The highest BCUT2D eigenvalue weighted by Gasteiger charge is 2.52. The van der Waals surface area contributed by atoms with Gasteiger partial charge in [-0.1, -0.05) is 6.07 Å². The molecule has 0 N–H and O–H groups in total. The Kier molecular flexibility index (Phi) is 5.62. The van der Waals surface area contributed by atoms with Crippen LogP contribution in [0.5, 0.6) is 5.75 Å². The van der Waals surface area contributed by atoms with E-state index in [4.69, 9.17) is 4.74 Å². The third kappa shape index (κ3) is 5.31. The van der Waals surface area contributed by atoms with Crippen LogP contribution in [0.3, 0.4) is 0 Å². The van der Waals surface area contributed by atoms with Gasteiger partial charge in [-0.05, 0) is 67.2 Å². The Bertz CT molecular complexity index is 745. The minimum atomic E-state index is -4.72. The zero-order valence-electron chi connectivity index (χ0n) is 16.1. The maximum Gasteiger partial charge on any atom is 0.573 e. The van der Waals surface area contributed by atoms with Crippen molar-refractivity contribution in [2.75, 3.05) is 19.6 Å². The number of rotatable bonds is 3. The van der Waals surface area contributed by atoms with Gasteiger partial charge in [0.05, 0.1) is 4.47 Å². The fourth-order valence-corrected chi connectivity index (χ4v) is 3.94. The maximum atomic E-state index is 12.4. The summed E-state index contributed by atoms with van der Waals surface area (Å²) in [5, 5.41) is 0. The second-order valence-electron chi connectivity index (χ2n) is 8.36. The van der Waals surface area contributed by atoms with Crippen molar-refractivity contribution in [3.63, 3.8) is 0 Å². The molecule has 0 unspecified atom stereocenters. The number of hydrogen-bond acceptors (Lipinski definition) is 4. The van der Waals surface area contributed by atoms with E-state index in [2.05, 4.69) is 25.6 Å². The van der Waals surface area contributed by atoms with E-state index in [1.807, 2.05) is 20.8 Å². The van der Waals surface area contributed by atoms with Gasteiger partial charge < -0.3 is 14.4 Å². The number of ether oxygens (including phenoxy) is 2. The summed E-state index contributed by atoms with van der Waals surface area (Å²) in [4.78, 5) is 16.4. The van der Waals surface area contributed by atoms with Crippen molar-refractivity contribution in [1.82, 2.24) is 9.80 Å². The van der Waals surface area contributed by atoms with Crippen LogP contribution in [0, 0.1) is 0 Å². The van der Waals surface area contributed by atoms with Gasteiger partial charge in [0, 0.05) is 31.7 Å². The van der Waals surface area contributed by atoms with Crippen molar-refractivity contribution in [3.05, 3.63) is 28.2 Å². The second-order valence-corrected chi connectivity index (χ2v) is 9.21. The van der Waals surface area contributed by atoms with Crippen LogP contribution in [0.25, 0.3) is 0 Å². The Labute approximate surface area is 170 Å². The van der Waals surface area contributed by atoms with Gasteiger partial charge in [0.25, 0.3) is 0 Å². The monoisotopic (exact) mass is 464 g/mol.